The molecule has 1 fully saturated rings. The number of likely N-dealkylation sites (tertiary alicyclic amines) is 1. The number of aromatic nitrogens is 2. The number of hydrogen-bond acceptors (Lipinski definition) is 5. The van der Waals surface area contributed by atoms with Gasteiger partial charge in [-0.1, -0.05) is 28.9 Å². The van der Waals surface area contributed by atoms with Crippen molar-refractivity contribution in [2.75, 3.05) is 19.7 Å². The smallest absolute Gasteiger partial charge is 0.241 e. The zero-order valence-electron chi connectivity index (χ0n) is 11.7. The number of aliphatic hydroxyl groups excluding tert-OH is 1. The number of rotatable bonds is 4. The third-order valence-electron chi connectivity index (χ3n) is 3.80. The normalized spacial score (nSPS) is 19.8. The number of hydrogen-bond donors (Lipinski definition) is 1. The molecule has 1 aliphatic heterocycles. The van der Waals surface area contributed by atoms with Crippen LogP contribution in [0.3, 0.4) is 0 Å². The summed E-state index contributed by atoms with van der Waals surface area (Å²) in [6, 6.07) is 7.45. The van der Waals surface area contributed by atoms with E-state index in [9.17, 15) is 5.11 Å². The van der Waals surface area contributed by atoms with Crippen LogP contribution in [0.25, 0.3) is 11.4 Å². The van der Waals surface area contributed by atoms with Crippen molar-refractivity contribution in [2.24, 2.45) is 5.92 Å². The maximum atomic E-state index is 9.27. The minimum Gasteiger partial charge on any atom is -0.396 e. The number of piperidine rings is 1. The van der Waals surface area contributed by atoms with Crippen molar-refractivity contribution in [3.63, 3.8) is 0 Å². The molecule has 3 rings (SSSR count). The van der Waals surface area contributed by atoms with E-state index in [1.54, 1.807) is 0 Å². The van der Waals surface area contributed by atoms with E-state index in [2.05, 4.69) is 15.0 Å². The third kappa shape index (κ3) is 3.43. The Morgan fingerprint density at radius 2 is 2.24 bits per heavy atom. The van der Waals surface area contributed by atoms with Crippen molar-refractivity contribution in [1.29, 1.82) is 0 Å². The van der Waals surface area contributed by atoms with E-state index in [0.717, 1.165) is 31.5 Å². The van der Waals surface area contributed by atoms with Gasteiger partial charge in [-0.05, 0) is 37.4 Å². The lowest BCUT2D eigenvalue weighted by Gasteiger charge is -2.30. The zero-order chi connectivity index (χ0) is 14.7. The summed E-state index contributed by atoms with van der Waals surface area (Å²) in [7, 11) is 0. The second-order valence-corrected chi connectivity index (χ2v) is 5.82. The summed E-state index contributed by atoms with van der Waals surface area (Å²) in [5, 5.41) is 13.9. The highest BCUT2D eigenvalue weighted by Crippen LogP contribution is 2.25. The molecular weight excluding hydrogens is 290 g/mol. The minimum absolute atomic E-state index is 0.241. The fraction of sp³-hybridized carbons (Fsp3) is 0.467. The standard InChI is InChI=1S/C15H18ClN3O2/c16-13-6-2-1-5-12(13)15-17-14(21-18-15)9-19-7-3-4-11(8-19)10-20/h1-2,5-6,11,20H,3-4,7-10H2. The van der Waals surface area contributed by atoms with Crippen LogP contribution in [0.1, 0.15) is 18.7 Å². The molecule has 0 aliphatic carbocycles. The molecule has 1 aromatic carbocycles. The molecule has 0 spiro atoms. The van der Waals surface area contributed by atoms with Gasteiger partial charge in [0.15, 0.2) is 0 Å². The molecule has 0 radical (unpaired) electrons. The van der Waals surface area contributed by atoms with E-state index in [1.807, 2.05) is 24.3 Å². The molecule has 1 saturated heterocycles. The molecule has 0 saturated carbocycles. The lowest BCUT2D eigenvalue weighted by atomic mass is 9.99. The van der Waals surface area contributed by atoms with Crippen LogP contribution in [-0.4, -0.2) is 39.8 Å². The summed E-state index contributed by atoms with van der Waals surface area (Å²) in [6.45, 7) is 2.74. The van der Waals surface area contributed by atoms with E-state index in [1.165, 1.54) is 0 Å². The molecule has 1 atom stereocenters. The summed E-state index contributed by atoms with van der Waals surface area (Å²) in [5.74, 6) is 1.46. The van der Waals surface area contributed by atoms with Gasteiger partial charge in [0.1, 0.15) is 0 Å². The number of benzene rings is 1. The van der Waals surface area contributed by atoms with Crippen LogP contribution in [0.2, 0.25) is 5.02 Å². The Labute approximate surface area is 128 Å². The maximum Gasteiger partial charge on any atom is 0.241 e. The molecule has 21 heavy (non-hydrogen) atoms. The minimum atomic E-state index is 0.241. The Bertz CT molecular complexity index is 602. The second kappa shape index (κ2) is 6.56. The third-order valence-corrected chi connectivity index (χ3v) is 4.13. The van der Waals surface area contributed by atoms with Crippen LogP contribution in [0, 0.1) is 5.92 Å². The van der Waals surface area contributed by atoms with Gasteiger partial charge in [0.2, 0.25) is 11.7 Å². The van der Waals surface area contributed by atoms with E-state index in [4.69, 9.17) is 16.1 Å². The molecule has 6 heteroatoms. The van der Waals surface area contributed by atoms with E-state index in [-0.39, 0.29) is 6.61 Å². The van der Waals surface area contributed by atoms with Crippen LogP contribution in [-0.2, 0) is 6.54 Å². The molecule has 0 bridgehead atoms. The Kier molecular flexibility index (Phi) is 4.53. The van der Waals surface area contributed by atoms with Gasteiger partial charge >= 0.3 is 0 Å². The highest BCUT2D eigenvalue weighted by molar-refractivity contribution is 6.33. The maximum absolute atomic E-state index is 9.27. The molecule has 2 aromatic rings. The van der Waals surface area contributed by atoms with Crippen molar-refractivity contribution in [3.8, 4) is 11.4 Å². The topological polar surface area (TPSA) is 62.4 Å². The monoisotopic (exact) mass is 307 g/mol. The van der Waals surface area contributed by atoms with Crippen LogP contribution in [0.15, 0.2) is 28.8 Å². The van der Waals surface area contributed by atoms with Gasteiger partial charge in [-0.2, -0.15) is 4.98 Å². The van der Waals surface area contributed by atoms with Crippen molar-refractivity contribution in [3.05, 3.63) is 35.2 Å². The molecule has 112 valence electrons. The SMILES string of the molecule is OCC1CCCN(Cc2nc(-c3ccccc3Cl)no2)C1. The van der Waals surface area contributed by atoms with Crippen LogP contribution in [0.4, 0.5) is 0 Å². The Morgan fingerprint density at radius 3 is 3.05 bits per heavy atom. The highest BCUT2D eigenvalue weighted by atomic mass is 35.5. The summed E-state index contributed by atoms with van der Waals surface area (Å²) in [5.41, 5.74) is 0.779. The molecular formula is C15H18ClN3O2. The fourth-order valence-electron chi connectivity index (χ4n) is 2.71. The van der Waals surface area contributed by atoms with Gasteiger partial charge in [-0.25, -0.2) is 0 Å². The molecule has 1 N–H and O–H groups in total. The summed E-state index contributed by atoms with van der Waals surface area (Å²) in [6.07, 6.45) is 2.18. The van der Waals surface area contributed by atoms with Crippen LogP contribution >= 0.6 is 11.6 Å². The first-order valence-corrected chi connectivity index (χ1v) is 7.55. The van der Waals surface area contributed by atoms with Gasteiger partial charge < -0.3 is 9.63 Å². The van der Waals surface area contributed by atoms with Gasteiger partial charge in [0.05, 0.1) is 11.6 Å². The number of nitrogens with zero attached hydrogens (tertiary/aromatic N) is 3. The van der Waals surface area contributed by atoms with Crippen molar-refractivity contribution in [1.82, 2.24) is 15.0 Å². The van der Waals surface area contributed by atoms with Gasteiger partial charge in [0, 0.05) is 18.7 Å². The summed E-state index contributed by atoms with van der Waals surface area (Å²) < 4.78 is 5.32. The van der Waals surface area contributed by atoms with Crippen LogP contribution < -0.4 is 0 Å². The van der Waals surface area contributed by atoms with Gasteiger partial charge in [-0.3, -0.25) is 4.90 Å². The Morgan fingerprint density at radius 1 is 1.38 bits per heavy atom. The van der Waals surface area contributed by atoms with E-state index in [0.29, 0.717) is 29.2 Å². The Hall–Kier alpha value is -1.43. The average molecular weight is 308 g/mol. The predicted octanol–water partition coefficient (Wildman–Crippen LogP) is 2.59. The van der Waals surface area contributed by atoms with Crippen LogP contribution in [0.5, 0.6) is 0 Å². The lowest BCUT2D eigenvalue weighted by molar-refractivity contribution is 0.107. The summed E-state index contributed by atoms with van der Waals surface area (Å²) >= 11 is 6.14. The molecule has 1 aromatic heterocycles. The van der Waals surface area contributed by atoms with E-state index < -0.39 is 0 Å². The highest BCUT2D eigenvalue weighted by Gasteiger charge is 2.21. The number of aliphatic hydroxyl groups is 1. The second-order valence-electron chi connectivity index (χ2n) is 5.42. The average Bonchev–Trinajstić information content (AvgIpc) is 2.96. The molecule has 1 aliphatic rings. The summed E-state index contributed by atoms with van der Waals surface area (Å²) in [4.78, 5) is 6.66. The lowest BCUT2D eigenvalue weighted by Crippen LogP contribution is -2.36. The fourth-order valence-corrected chi connectivity index (χ4v) is 2.93. The molecule has 5 nitrogen and oxygen atoms in total. The quantitative estimate of drug-likeness (QED) is 0.940. The first kappa shape index (κ1) is 14.5. The first-order valence-electron chi connectivity index (χ1n) is 7.17. The predicted molar refractivity (Wildman–Crippen MR) is 79.8 cm³/mol. The molecule has 0 amide bonds. The van der Waals surface area contributed by atoms with Gasteiger partial charge in [-0.15, -0.1) is 0 Å². The largest absolute Gasteiger partial charge is 0.396 e. The van der Waals surface area contributed by atoms with Gasteiger partial charge in [0.25, 0.3) is 0 Å². The first-order chi connectivity index (χ1) is 10.3. The van der Waals surface area contributed by atoms with Crippen molar-refractivity contribution < 1.29 is 9.63 Å². The molecule has 2 heterocycles. The van der Waals surface area contributed by atoms with E-state index >= 15 is 0 Å². The van der Waals surface area contributed by atoms with Crippen molar-refractivity contribution >= 4 is 11.6 Å². The zero-order valence-corrected chi connectivity index (χ0v) is 12.5. The van der Waals surface area contributed by atoms with Crippen molar-refractivity contribution in [2.45, 2.75) is 19.4 Å². The Balaban J connectivity index is 1.69. The number of halogens is 1. The molecule has 1 unspecified atom stereocenters.